The standard InChI is InChI=1S/C15H23NO4/c1-15(16-2,14(18)19-3)9-11-20-13-7-5-4-6-12(13)8-10-17/h4-7,16-17H,8-11H2,1-3H3. The molecule has 0 aromatic heterocycles. The molecule has 1 aromatic carbocycles. The van der Waals surface area contributed by atoms with Crippen molar-refractivity contribution >= 4 is 5.97 Å². The molecule has 0 aliphatic carbocycles. The molecule has 20 heavy (non-hydrogen) atoms. The van der Waals surface area contributed by atoms with Gasteiger partial charge in [0.1, 0.15) is 11.3 Å². The van der Waals surface area contributed by atoms with Gasteiger partial charge in [0.05, 0.1) is 13.7 Å². The monoisotopic (exact) mass is 281 g/mol. The van der Waals surface area contributed by atoms with E-state index in [1.54, 1.807) is 14.0 Å². The molecular formula is C15H23NO4. The normalized spacial score (nSPS) is 13.6. The number of para-hydroxylation sites is 1. The molecule has 1 atom stereocenters. The van der Waals surface area contributed by atoms with Crippen LogP contribution in [0.5, 0.6) is 5.75 Å². The largest absolute Gasteiger partial charge is 0.493 e. The van der Waals surface area contributed by atoms with Gasteiger partial charge in [0, 0.05) is 13.0 Å². The zero-order valence-electron chi connectivity index (χ0n) is 12.3. The van der Waals surface area contributed by atoms with Gasteiger partial charge in [-0.15, -0.1) is 0 Å². The fourth-order valence-electron chi connectivity index (χ4n) is 1.89. The number of ether oxygens (including phenoxy) is 2. The van der Waals surface area contributed by atoms with Crippen molar-refractivity contribution in [3.05, 3.63) is 29.8 Å². The van der Waals surface area contributed by atoms with E-state index in [9.17, 15) is 4.79 Å². The highest BCUT2D eigenvalue weighted by Gasteiger charge is 2.32. The van der Waals surface area contributed by atoms with Gasteiger partial charge in [0.2, 0.25) is 0 Å². The van der Waals surface area contributed by atoms with Crippen molar-refractivity contribution in [3.8, 4) is 5.75 Å². The lowest BCUT2D eigenvalue weighted by atomic mass is 9.99. The fraction of sp³-hybridized carbons (Fsp3) is 0.533. The van der Waals surface area contributed by atoms with Gasteiger partial charge >= 0.3 is 5.97 Å². The minimum absolute atomic E-state index is 0.0801. The molecule has 0 saturated carbocycles. The van der Waals surface area contributed by atoms with E-state index in [0.717, 1.165) is 11.3 Å². The first-order chi connectivity index (χ1) is 9.57. The van der Waals surface area contributed by atoms with E-state index in [1.807, 2.05) is 24.3 Å². The van der Waals surface area contributed by atoms with Crippen molar-refractivity contribution in [2.45, 2.75) is 25.3 Å². The Balaban J connectivity index is 2.61. The average Bonchev–Trinajstić information content (AvgIpc) is 2.48. The van der Waals surface area contributed by atoms with Crippen LogP contribution < -0.4 is 10.1 Å². The Morgan fingerprint density at radius 1 is 1.40 bits per heavy atom. The lowest BCUT2D eigenvalue weighted by Gasteiger charge is -2.26. The van der Waals surface area contributed by atoms with E-state index in [0.29, 0.717) is 19.4 Å². The molecule has 1 unspecified atom stereocenters. The van der Waals surface area contributed by atoms with Gasteiger partial charge in [0.15, 0.2) is 0 Å². The number of hydrogen-bond donors (Lipinski definition) is 2. The number of nitrogens with one attached hydrogen (secondary N) is 1. The summed E-state index contributed by atoms with van der Waals surface area (Å²) in [4.78, 5) is 11.7. The summed E-state index contributed by atoms with van der Waals surface area (Å²) in [5.41, 5.74) is 0.194. The van der Waals surface area contributed by atoms with E-state index in [2.05, 4.69) is 5.32 Å². The van der Waals surface area contributed by atoms with E-state index in [4.69, 9.17) is 14.6 Å². The predicted molar refractivity (Wildman–Crippen MR) is 76.8 cm³/mol. The van der Waals surface area contributed by atoms with E-state index >= 15 is 0 Å². The predicted octanol–water partition coefficient (Wildman–Crippen LogP) is 1.14. The fourth-order valence-corrected chi connectivity index (χ4v) is 1.89. The SMILES string of the molecule is CNC(C)(CCOc1ccccc1CCO)C(=O)OC. The average molecular weight is 281 g/mol. The van der Waals surface area contributed by atoms with Crippen molar-refractivity contribution in [3.63, 3.8) is 0 Å². The Bertz CT molecular complexity index is 436. The number of aliphatic hydroxyl groups excluding tert-OH is 1. The number of likely N-dealkylation sites (N-methyl/N-ethyl adjacent to an activating group) is 1. The first-order valence-electron chi connectivity index (χ1n) is 6.66. The second-order valence-electron chi connectivity index (χ2n) is 4.75. The molecule has 0 heterocycles. The number of methoxy groups -OCH3 is 1. The summed E-state index contributed by atoms with van der Waals surface area (Å²) in [7, 11) is 3.09. The maximum Gasteiger partial charge on any atom is 0.325 e. The molecule has 0 spiro atoms. The molecule has 2 N–H and O–H groups in total. The molecule has 0 aliphatic heterocycles. The van der Waals surface area contributed by atoms with Crippen LogP contribution in [0.3, 0.4) is 0 Å². The second kappa shape index (κ2) is 7.87. The van der Waals surface area contributed by atoms with Crippen LogP contribution in [0.25, 0.3) is 0 Å². The Labute approximate surface area is 119 Å². The van der Waals surface area contributed by atoms with Crippen molar-refractivity contribution < 1.29 is 19.4 Å². The highest BCUT2D eigenvalue weighted by Crippen LogP contribution is 2.20. The lowest BCUT2D eigenvalue weighted by Crippen LogP contribution is -2.49. The molecule has 0 fully saturated rings. The molecule has 1 rings (SSSR count). The van der Waals surface area contributed by atoms with Crippen molar-refractivity contribution in [2.75, 3.05) is 27.4 Å². The van der Waals surface area contributed by atoms with Crippen molar-refractivity contribution in [2.24, 2.45) is 0 Å². The third-order valence-electron chi connectivity index (χ3n) is 3.40. The van der Waals surface area contributed by atoms with Crippen molar-refractivity contribution in [1.29, 1.82) is 0 Å². The summed E-state index contributed by atoms with van der Waals surface area (Å²) < 4.78 is 10.5. The Hall–Kier alpha value is -1.59. The van der Waals surface area contributed by atoms with Gasteiger partial charge in [0.25, 0.3) is 0 Å². The number of hydrogen-bond acceptors (Lipinski definition) is 5. The van der Waals surface area contributed by atoms with Gasteiger partial charge < -0.3 is 19.9 Å². The molecule has 1 aromatic rings. The topological polar surface area (TPSA) is 67.8 Å². The molecular weight excluding hydrogens is 258 g/mol. The lowest BCUT2D eigenvalue weighted by molar-refractivity contribution is -0.148. The quantitative estimate of drug-likeness (QED) is 0.699. The summed E-state index contributed by atoms with van der Waals surface area (Å²) in [5.74, 6) is 0.428. The van der Waals surface area contributed by atoms with Crippen LogP contribution in [0.2, 0.25) is 0 Å². The van der Waals surface area contributed by atoms with Crippen LogP contribution in [0, 0.1) is 0 Å². The van der Waals surface area contributed by atoms with Gasteiger partial charge in [-0.05, 0) is 32.0 Å². The van der Waals surface area contributed by atoms with E-state index in [1.165, 1.54) is 7.11 Å². The van der Waals surface area contributed by atoms with Gasteiger partial charge in [-0.3, -0.25) is 4.79 Å². The van der Waals surface area contributed by atoms with Gasteiger partial charge in [-0.1, -0.05) is 18.2 Å². The zero-order chi connectivity index (χ0) is 15.0. The van der Waals surface area contributed by atoms with Crippen LogP contribution in [0.4, 0.5) is 0 Å². The Morgan fingerprint density at radius 2 is 2.10 bits per heavy atom. The minimum atomic E-state index is -0.763. The summed E-state index contributed by atoms with van der Waals surface area (Å²) >= 11 is 0. The van der Waals surface area contributed by atoms with E-state index < -0.39 is 5.54 Å². The maximum atomic E-state index is 11.7. The minimum Gasteiger partial charge on any atom is -0.493 e. The highest BCUT2D eigenvalue weighted by molar-refractivity contribution is 5.80. The van der Waals surface area contributed by atoms with Gasteiger partial charge in [-0.2, -0.15) is 0 Å². The summed E-state index contributed by atoms with van der Waals surface area (Å²) in [5, 5.41) is 12.0. The smallest absolute Gasteiger partial charge is 0.325 e. The highest BCUT2D eigenvalue weighted by atomic mass is 16.5. The van der Waals surface area contributed by atoms with Crippen LogP contribution in [0.1, 0.15) is 18.9 Å². The first kappa shape index (κ1) is 16.5. The van der Waals surface area contributed by atoms with Crippen LogP contribution in [-0.2, 0) is 16.0 Å². The Morgan fingerprint density at radius 3 is 2.70 bits per heavy atom. The first-order valence-corrected chi connectivity index (χ1v) is 6.66. The molecule has 5 heteroatoms. The molecule has 0 saturated heterocycles. The molecule has 0 amide bonds. The van der Waals surface area contributed by atoms with Crippen LogP contribution >= 0.6 is 0 Å². The molecule has 112 valence electrons. The van der Waals surface area contributed by atoms with Crippen LogP contribution in [0.15, 0.2) is 24.3 Å². The number of rotatable bonds is 8. The number of carbonyl (C=O) groups is 1. The number of benzene rings is 1. The number of aliphatic hydroxyl groups is 1. The third-order valence-corrected chi connectivity index (χ3v) is 3.40. The van der Waals surface area contributed by atoms with E-state index in [-0.39, 0.29) is 12.6 Å². The zero-order valence-corrected chi connectivity index (χ0v) is 12.3. The van der Waals surface area contributed by atoms with Crippen molar-refractivity contribution in [1.82, 2.24) is 5.32 Å². The maximum absolute atomic E-state index is 11.7. The second-order valence-corrected chi connectivity index (χ2v) is 4.75. The van der Waals surface area contributed by atoms with Gasteiger partial charge in [-0.25, -0.2) is 0 Å². The summed E-state index contributed by atoms with van der Waals surface area (Å²) in [6, 6.07) is 7.57. The summed E-state index contributed by atoms with van der Waals surface area (Å²) in [6.45, 7) is 2.24. The van der Waals surface area contributed by atoms with Crippen LogP contribution in [-0.4, -0.2) is 44.0 Å². The Kier molecular flexibility index (Phi) is 6.48. The molecule has 0 radical (unpaired) electrons. The third kappa shape index (κ3) is 4.21. The molecule has 5 nitrogen and oxygen atoms in total. The number of esters is 1. The molecule has 0 bridgehead atoms. The summed E-state index contributed by atoms with van der Waals surface area (Å²) in [6.07, 6.45) is 1.04. The number of carbonyl (C=O) groups excluding carboxylic acids is 1. The molecule has 0 aliphatic rings.